The van der Waals surface area contributed by atoms with Gasteiger partial charge in [0.15, 0.2) is 5.75 Å². The second kappa shape index (κ2) is 11.5. The van der Waals surface area contributed by atoms with E-state index in [1.54, 1.807) is 24.1 Å². The van der Waals surface area contributed by atoms with Crippen LogP contribution < -0.4 is 9.64 Å². The minimum atomic E-state index is -3.03. The summed E-state index contributed by atoms with van der Waals surface area (Å²) in [4.78, 5) is 29.1. The molecule has 3 aliphatic rings. The molecule has 1 saturated carbocycles. The summed E-state index contributed by atoms with van der Waals surface area (Å²) in [5, 5.41) is 0. The minimum Gasteiger partial charge on any atom is -0.463 e. The van der Waals surface area contributed by atoms with Crippen LogP contribution in [0.5, 0.6) is 5.75 Å². The molecule has 0 radical (unpaired) electrons. The van der Waals surface area contributed by atoms with Gasteiger partial charge in [0.05, 0.1) is 23.9 Å². The fourth-order valence-electron chi connectivity index (χ4n) is 5.78. The number of amides is 1. The zero-order chi connectivity index (χ0) is 29.4. The van der Waals surface area contributed by atoms with Crippen LogP contribution in [0.3, 0.4) is 0 Å². The van der Waals surface area contributed by atoms with Crippen molar-refractivity contribution in [1.82, 2.24) is 4.90 Å². The lowest BCUT2D eigenvalue weighted by Gasteiger charge is -2.32. The van der Waals surface area contributed by atoms with Crippen molar-refractivity contribution in [2.24, 2.45) is 0 Å². The van der Waals surface area contributed by atoms with Crippen LogP contribution in [-0.2, 0) is 33.8 Å². The van der Waals surface area contributed by atoms with Crippen LogP contribution >= 0.6 is 0 Å². The summed E-state index contributed by atoms with van der Waals surface area (Å²) in [6.45, 7) is 1.44. The first-order valence-electron chi connectivity index (χ1n) is 14.2. The fourth-order valence-corrected chi connectivity index (χ4v) is 5.78. The van der Waals surface area contributed by atoms with Crippen LogP contribution in [0, 0.1) is 0 Å². The molecule has 1 fully saturated rings. The average molecular weight is 575 g/mol. The summed E-state index contributed by atoms with van der Waals surface area (Å²) in [5.74, 6) is -0.326. The van der Waals surface area contributed by atoms with Gasteiger partial charge in [0.1, 0.15) is 6.61 Å². The van der Waals surface area contributed by atoms with Crippen LogP contribution in [0.15, 0.2) is 72.4 Å². The molecule has 1 atom stereocenters. The van der Waals surface area contributed by atoms with Gasteiger partial charge in [0.25, 0.3) is 0 Å². The Hall–Kier alpha value is -4.40. The summed E-state index contributed by atoms with van der Waals surface area (Å²) in [7, 11) is 0. The molecule has 0 spiro atoms. The standard InChI is InChI=1S/C33H32F2N2O5/c1-3-40-31(38)25-16-23-10-14-28(30(42-32(34)35)29(23)37(18-25)26-11-12-26)22-9-13-27-20(2)36(17-24(27)15-22)33(39)41-19-21-7-5-4-6-8-21/h4-10,13-15,18,20,26,32H,3,11-12,16-17,19H2,1-2H3. The van der Waals surface area contributed by atoms with E-state index in [2.05, 4.69) is 0 Å². The van der Waals surface area contributed by atoms with Crippen molar-refractivity contribution in [3.63, 3.8) is 0 Å². The fraction of sp³-hybridized carbons (Fsp3) is 0.333. The van der Waals surface area contributed by atoms with E-state index >= 15 is 0 Å². The molecule has 6 rings (SSSR count). The molecule has 9 heteroatoms. The van der Waals surface area contributed by atoms with Gasteiger partial charge >= 0.3 is 18.7 Å². The van der Waals surface area contributed by atoms with Crippen molar-refractivity contribution in [2.75, 3.05) is 11.5 Å². The highest BCUT2D eigenvalue weighted by molar-refractivity contribution is 5.93. The smallest absolute Gasteiger partial charge is 0.410 e. The summed E-state index contributed by atoms with van der Waals surface area (Å²) in [5.41, 5.74) is 5.80. The van der Waals surface area contributed by atoms with Crippen molar-refractivity contribution in [2.45, 2.75) is 65.0 Å². The van der Waals surface area contributed by atoms with Crippen molar-refractivity contribution < 1.29 is 32.6 Å². The van der Waals surface area contributed by atoms with Crippen molar-refractivity contribution in [3.05, 3.63) is 94.7 Å². The molecule has 3 aromatic rings. The lowest BCUT2D eigenvalue weighted by atomic mass is 9.92. The van der Waals surface area contributed by atoms with Crippen LogP contribution in [0.1, 0.15) is 55.0 Å². The maximum absolute atomic E-state index is 13.9. The summed E-state index contributed by atoms with van der Waals surface area (Å²) >= 11 is 0. The first-order valence-corrected chi connectivity index (χ1v) is 14.2. The lowest BCUT2D eigenvalue weighted by molar-refractivity contribution is -0.138. The van der Waals surface area contributed by atoms with E-state index in [-0.39, 0.29) is 37.5 Å². The van der Waals surface area contributed by atoms with E-state index < -0.39 is 18.7 Å². The van der Waals surface area contributed by atoms with Gasteiger partial charge < -0.3 is 19.1 Å². The number of esters is 1. The molecule has 2 heterocycles. The first kappa shape index (κ1) is 27.8. The number of carbonyl (C=O) groups is 2. The molecular formula is C33H32F2N2O5. The highest BCUT2D eigenvalue weighted by Crippen LogP contribution is 2.49. The largest absolute Gasteiger partial charge is 0.463 e. The van der Waals surface area contributed by atoms with Gasteiger partial charge in [-0.1, -0.05) is 54.6 Å². The normalized spacial score (nSPS) is 17.5. The van der Waals surface area contributed by atoms with Gasteiger partial charge in [-0.25, -0.2) is 9.59 Å². The summed E-state index contributed by atoms with van der Waals surface area (Å²) in [6, 6.07) is 18.8. The van der Waals surface area contributed by atoms with E-state index in [1.807, 2.05) is 66.4 Å². The second-order valence-electron chi connectivity index (χ2n) is 10.8. The molecule has 0 bridgehead atoms. The number of ether oxygens (including phenoxy) is 3. The highest BCUT2D eigenvalue weighted by Gasteiger charge is 2.37. The first-order chi connectivity index (χ1) is 20.3. The quantitative estimate of drug-likeness (QED) is 0.267. The Morgan fingerprint density at radius 3 is 2.50 bits per heavy atom. The molecule has 1 amide bonds. The Bertz CT molecular complexity index is 1540. The number of hydrogen-bond acceptors (Lipinski definition) is 6. The molecular weight excluding hydrogens is 542 g/mol. The molecule has 3 aromatic carbocycles. The third-order valence-corrected chi connectivity index (χ3v) is 7.99. The SMILES string of the molecule is CCOC(=O)C1=CN(C2CC2)c2c(ccc(-c3ccc4c(c3)CN(C(=O)OCc3ccccc3)C4C)c2OC(F)F)C1. The predicted octanol–water partition coefficient (Wildman–Crippen LogP) is 7.14. The molecule has 0 N–H and O–H groups in total. The van der Waals surface area contributed by atoms with E-state index in [4.69, 9.17) is 14.2 Å². The number of halogens is 2. The zero-order valence-electron chi connectivity index (χ0n) is 23.5. The number of nitrogens with zero attached hydrogens (tertiary/aromatic N) is 2. The molecule has 7 nitrogen and oxygen atoms in total. The Kier molecular flexibility index (Phi) is 7.58. The number of carbonyl (C=O) groups excluding carboxylic acids is 2. The van der Waals surface area contributed by atoms with E-state index in [1.165, 1.54) is 0 Å². The van der Waals surface area contributed by atoms with Gasteiger partial charge in [-0.15, -0.1) is 0 Å². The molecule has 2 aliphatic heterocycles. The zero-order valence-corrected chi connectivity index (χ0v) is 23.5. The topological polar surface area (TPSA) is 68.3 Å². The van der Waals surface area contributed by atoms with Crippen molar-refractivity contribution in [1.29, 1.82) is 0 Å². The van der Waals surface area contributed by atoms with Gasteiger partial charge in [-0.3, -0.25) is 4.90 Å². The maximum atomic E-state index is 13.9. The number of benzene rings is 3. The van der Waals surface area contributed by atoms with E-state index in [0.717, 1.165) is 35.1 Å². The van der Waals surface area contributed by atoms with Crippen LogP contribution in [0.2, 0.25) is 0 Å². The van der Waals surface area contributed by atoms with Gasteiger partial charge in [0, 0.05) is 30.8 Å². The number of fused-ring (bicyclic) bond motifs is 2. The molecule has 42 heavy (non-hydrogen) atoms. The molecule has 0 aromatic heterocycles. The number of anilines is 1. The summed E-state index contributed by atoms with van der Waals surface area (Å²) in [6.07, 6.45) is 3.35. The Labute approximate surface area is 243 Å². The molecule has 218 valence electrons. The Morgan fingerprint density at radius 2 is 1.79 bits per heavy atom. The van der Waals surface area contributed by atoms with Crippen LogP contribution in [0.25, 0.3) is 11.1 Å². The number of rotatable bonds is 8. The molecule has 0 saturated heterocycles. The highest BCUT2D eigenvalue weighted by atomic mass is 19.3. The Morgan fingerprint density at radius 1 is 1.00 bits per heavy atom. The molecule has 1 aliphatic carbocycles. The third kappa shape index (κ3) is 5.43. The van der Waals surface area contributed by atoms with E-state index in [9.17, 15) is 18.4 Å². The third-order valence-electron chi connectivity index (χ3n) is 7.99. The lowest BCUT2D eigenvalue weighted by Crippen LogP contribution is -2.28. The average Bonchev–Trinajstić information content (AvgIpc) is 3.79. The number of hydrogen-bond donors (Lipinski definition) is 0. The summed E-state index contributed by atoms with van der Waals surface area (Å²) < 4.78 is 43.7. The van der Waals surface area contributed by atoms with Crippen LogP contribution in [0.4, 0.5) is 19.3 Å². The van der Waals surface area contributed by atoms with Gasteiger partial charge in [0.2, 0.25) is 0 Å². The van der Waals surface area contributed by atoms with Crippen molar-refractivity contribution >= 4 is 17.7 Å². The minimum absolute atomic E-state index is 0.0821. The maximum Gasteiger partial charge on any atom is 0.410 e. The number of alkyl halides is 2. The van der Waals surface area contributed by atoms with Crippen LogP contribution in [-0.4, -0.2) is 36.2 Å². The van der Waals surface area contributed by atoms with E-state index in [0.29, 0.717) is 28.9 Å². The molecule has 1 unspecified atom stereocenters. The van der Waals surface area contributed by atoms with Crippen molar-refractivity contribution in [3.8, 4) is 16.9 Å². The monoisotopic (exact) mass is 574 g/mol. The predicted molar refractivity (Wildman–Crippen MR) is 153 cm³/mol. The Balaban J connectivity index is 1.31. The van der Waals surface area contributed by atoms with Gasteiger partial charge in [-0.05, 0) is 60.6 Å². The van der Waals surface area contributed by atoms with Gasteiger partial charge in [-0.2, -0.15) is 8.78 Å². The second-order valence-corrected chi connectivity index (χ2v) is 10.8.